The number of aromatic nitrogens is 1. The highest BCUT2D eigenvalue weighted by Gasteiger charge is 2.06. The second-order valence-electron chi connectivity index (χ2n) is 5.61. The Hall–Kier alpha value is -3.65. The van der Waals surface area contributed by atoms with Crippen molar-refractivity contribution in [3.05, 3.63) is 84.2 Å². The maximum atomic E-state index is 12.0. The van der Waals surface area contributed by atoms with E-state index in [0.29, 0.717) is 17.9 Å². The molecule has 0 unspecified atom stereocenters. The van der Waals surface area contributed by atoms with Crippen molar-refractivity contribution in [2.24, 2.45) is 0 Å². The van der Waals surface area contributed by atoms with Gasteiger partial charge < -0.3 is 10.1 Å². The highest BCUT2D eigenvalue weighted by molar-refractivity contribution is 5.77. The average Bonchev–Trinajstić information content (AvgIpc) is 2.72. The number of carbonyl (C=O) groups is 1. The molecule has 0 saturated carbocycles. The molecule has 1 aromatic heterocycles. The zero-order valence-electron chi connectivity index (χ0n) is 14.1. The molecule has 128 valence electrons. The van der Waals surface area contributed by atoms with Gasteiger partial charge in [0.2, 0.25) is 0 Å². The van der Waals surface area contributed by atoms with E-state index in [0.717, 1.165) is 16.7 Å². The van der Waals surface area contributed by atoms with Crippen LogP contribution in [0.25, 0.3) is 11.1 Å². The number of nitrogens with one attached hydrogen (secondary N) is 1. The number of ether oxygens (including phenoxy) is 1. The van der Waals surface area contributed by atoms with E-state index in [1.807, 2.05) is 48.7 Å². The van der Waals surface area contributed by atoms with Crippen molar-refractivity contribution < 1.29 is 9.53 Å². The van der Waals surface area contributed by atoms with Gasteiger partial charge in [0, 0.05) is 18.9 Å². The molecule has 26 heavy (non-hydrogen) atoms. The third-order valence-corrected chi connectivity index (χ3v) is 3.80. The predicted molar refractivity (Wildman–Crippen MR) is 98.2 cm³/mol. The Morgan fingerprint density at radius 1 is 1.04 bits per heavy atom. The fourth-order valence-corrected chi connectivity index (χ4v) is 2.43. The Morgan fingerprint density at radius 2 is 1.85 bits per heavy atom. The average molecular weight is 343 g/mol. The van der Waals surface area contributed by atoms with Gasteiger partial charge in [-0.15, -0.1) is 0 Å². The minimum absolute atomic E-state index is 0.132. The van der Waals surface area contributed by atoms with Crippen LogP contribution in [0, 0.1) is 11.3 Å². The molecular formula is C21H17N3O2. The first-order valence-corrected chi connectivity index (χ1v) is 8.14. The summed E-state index contributed by atoms with van der Waals surface area (Å²) < 4.78 is 5.41. The van der Waals surface area contributed by atoms with Gasteiger partial charge in [0.25, 0.3) is 5.91 Å². The minimum Gasteiger partial charge on any atom is -0.482 e. The number of amides is 1. The Labute approximate surface area is 151 Å². The summed E-state index contributed by atoms with van der Waals surface area (Å²) >= 11 is 0. The summed E-state index contributed by atoms with van der Waals surface area (Å²) in [5, 5.41) is 11.8. The number of para-hydroxylation sites is 1. The van der Waals surface area contributed by atoms with Crippen molar-refractivity contribution in [2.75, 3.05) is 6.61 Å². The molecule has 0 atom stereocenters. The number of nitriles is 1. The first-order valence-electron chi connectivity index (χ1n) is 8.14. The third kappa shape index (κ3) is 4.46. The summed E-state index contributed by atoms with van der Waals surface area (Å²) in [6.07, 6.45) is 3.55. The molecule has 5 nitrogen and oxygen atoms in total. The van der Waals surface area contributed by atoms with Gasteiger partial charge in [0.1, 0.15) is 11.8 Å². The molecule has 0 aliphatic carbocycles. The number of hydrogen-bond donors (Lipinski definition) is 1. The van der Waals surface area contributed by atoms with Crippen molar-refractivity contribution in [3.63, 3.8) is 0 Å². The molecule has 1 N–H and O–H groups in total. The molecule has 3 rings (SSSR count). The molecule has 0 aliphatic heterocycles. The lowest BCUT2D eigenvalue weighted by atomic mass is 10.1. The molecule has 0 saturated heterocycles. The van der Waals surface area contributed by atoms with Gasteiger partial charge >= 0.3 is 0 Å². The van der Waals surface area contributed by atoms with Crippen LogP contribution in [-0.4, -0.2) is 17.5 Å². The summed E-state index contributed by atoms with van der Waals surface area (Å²) in [5.41, 5.74) is 3.52. The van der Waals surface area contributed by atoms with Gasteiger partial charge in [-0.25, -0.2) is 0 Å². The van der Waals surface area contributed by atoms with Gasteiger partial charge in [0.15, 0.2) is 6.61 Å². The highest BCUT2D eigenvalue weighted by atomic mass is 16.5. The van der Waals surface area contributed by atoms with Gasteiger partial charge in [-0.05, 0) is 34.9 Å². The Bertz CT molecular complexity index is 916. The van der Waals surface area contributed by atoms with Crippen LogP contribution in [-0.2, 0) is 11.3 Å². The summed E-state index contributed by atoms with van der Waals surface area (Å²) in [6.45, 7) is 0.280. The van der Waals surface area contributed by atoms with E-state index in [1.165, 1.54) is 0 Å². The van der Waals surface area contributed by atoms with Crippen LogP contribution in [0.3, 0.4) is 0 Å². The van der Waals surface area contributed by atoms with Gasteiger partial charge in [0.05, 0.1) is 5.56 Å². The Kier molecular flexibility index (Phi) is 5.58. The number of rotatable bonds is 6. The second-order valence-corrected chi connectivity index (χ2v) is 5.61. The van der Waals surface area contributed by atoms with Crippen molar-refractivity contribution in [1.82, 2.24) is 10.3 Å². The zero-order chi connectivity index (χ0) is 18.2. The van der Waals surface area contributed by atoms with E-state index in [4.69, 9.17) is 10.00 Å². The summed E-state index contributed by atoms with van der Waals surface area (Å²) in [6, 6.07) is 20.7. The third-order valence-electron chi connectivity index (χ3n) is 3.80. The van der Waals surface area contributed by atoms with Gasteiger partial charge in [-0.1, -0.05) is 42.5 Å². The van der Waals surface area contributed by atoms with Crippen molar-refractivity contribution in [1.29, 1.82) is 5.26 Å². The monoisotopic (exact) mass is 343 g/mol. The molecule has 0 bridgehead atoms. The van der Waals surface area contributed by atoms with E-state index in [1.54, 1.807) is 30.5 Å². The van der Waals surface area contributed by atoms with Crippen LogP contribution in [0.1, 0.15) is 11.1 Å². The topological polar surface area (TPSA) is 75.0 Å². The highest BCUT2D eigenvalue weighted by Crippen LogP contribution is 2.18. The molecule has 2 aromatic carbocycles. The maximum Gasteiger partial charge on any atom is 0.258 e. The Morgan fingerprint density at radius 3 is 2.58 bits per heavy atom. The van der Waals surface area contributed by atoms with Gasteiger partial charge in [-0.2, -0.15) is 5.26 Å². The molecule has 0 aliphatic rings. The van der Waals surface area contributed by atoms with Crippen molar-refractivity contribution in [2.45, 2.75) is 6.54 Å². The maximum absolute atomic E-state index is 12.0. The molecule has 0 spiro atoms. The summed E-state index contributed by atoms with van der Waals surface area (Å²) in [4.78, 5) is 16.1. The molecule has 3 aromatic rings. The second kappa shape index (κ2) is 8.45. The minimum atomic E-state index is -0.242. The van der Waals surface area contributed by atoms with Crippen LogP contribution in [0.5, 0.6) is 5.75 Å². The van der Waals surface area contributed by atoms with Crippen LogP contribution >= 0.6 is 0 Å². The van der Waals surface area contributed by atoms with E-state index in [-0.39, 0.29) is 12.5 Å². The lowest BCUT2D eigenvalue weighted by Crippen LogP contribution is -2.28. The smallest absolute Gasteiger partial charge is 0.258 e. The molecule has 1 amide bonds. The summed E-state index contributed by atoms with van der Waals surface area (Å²) in [7, 11) is 0. The first kappa shape index (κ1) is 17.2. The molecule has 0 fully saturated rings. The van der Waals surface area contributed by atoms with Crippen LogP contribution < -0.4 is 10.1 Å². The molecule has 0 radical (unpaired) electrons. The number of hydrogen-bond acceptors (Lipinski definition) is 4. The summed E-state index contributed by atoms with van der Waals surface area (Å²) in [5.74, 6) is 0.167. The van der Waals surface area contributed by atoms with E-state index >= 15 is 0 Å². The lowest BCUT2D eigenvalue weighted by molar-refractivity contribution is -0.123. The number of carbonyl (C=O) groups excluding carboxylic acids is 1. The van der Waals surface area contributed by atoms with E-state index in [9.17, 15) is 4.79 Å². The van der Waals surface area contributed by atoms with E-state index < -0.39 is 0 Å². The predicted octanol–water partition coefficient (Wildman–Crippen LogP) is 3.32. The molecule has 1 heterocycles. The zero-order valence-corrected chi connectivity index (χ0v) is 14.1. The largest absolute Gasteiger partial charge is 0.482 e. The van der Waals surface area contributed by atoms with Crippen LogP contribution in [0.15, 0.2) is 73.1 Å². The lowest BCUT2D eigenvalue weighted by Gasteiger charge is -2.09. The van der Waals surface area contributed by atoms with Crippen LogP contribution in [0.2, 0.25) is 0 Å². The SMILES string of the molecule is N#Cc1ccccc1OCC(=O)NCc1ccc(-c2cccnc2)cc1. The number of nitrogens with zero attached hydrogens (tertiary/aromatic N) is 2. The van der Waals surface area contributed by atoms with E-state index in [2.05, 4.69) is 10.3 Å². The molecule has 5 heteroatoms. The standard InChI is InChI=1S/C21H17N3O2/c22-12-18-4-1-2-6-20(18)26-15-21(25)24-13-16-7-9-17(10-8-16)19-5-3-11-23-14-19/h1-11,14H,13,15H2,(H,24,25). The van der Waals surface area contributed by atoms with Gasteiger partial charge in [-0.3, -0.25) is 9.78 Å². The number of benzene rings is 2. The first-order chi connectivity index (χ1) is 12.8. The Balaban J connectivity index is 1.51. The normalized spacial score (nSPS) is 9.96. The van der Waals surface area contributed by atoms with Crippen LogP contribution in [0.4, 0.5) is 0 Å². The van der Waals surface area contributed by atoms with Crippen molar-refractivity contribution >= 4 is 5.91 Å². The number of pyridine rings is 1. The molecular weight excluding hydrogens is 326 g/mol. The fourth-order valence-electron chi connectivity index (χ4n) is 2.43. The fraction of sp³-hybridized carbons (Fsp3) is 0.0952. The van der Waals surface area contributed by atoms with Crippen molar-refractivity contribution in [3.8, 4) is 22.9 Å². The quantitative estimate of drug-likeness (QED) is 0.745.